The quantitative estimate of drug-likeness (QED) is 0.207. The normalized spacial score (nSPS) is 12.8. The summed E-state index contributed by atoms with van der Waals surface area (Å²) in [7, 11) is 0. The van der Waals surface area contributed by atoms with Crippen LogP contribution >= 0.6 is 11.8 Å². The first-order chi connectivity index (χ1) is 19.2. The highest BCUT2D eigenvalue weighted by Crippen LogP contribution is 2.20. The zero-order valence-electron chi connectivity index (χ0n) is 23.1. The Morgan fingerprint density at radius 1 is 1.05 bits per heavy atom. The number of ether oxygens (including phenoxy) is 1. The Labute approximate surface area is 239 Å². The Morgan fingerprint density at radius 3 is 2.38 bits per heavy atom. The first-order valence-electron chi connectivity index (χ1n) is 13.1. The maximum absolute atomic E-state index is 13.2. The highest BCUT2D eigenvalue weighted by Gasteiger charge is 2.29. The van der Waals surface area contributed by atoms with Gasteiger partial charge in [0, 0.05) is 18.5 Å². The van der Waals surface area contributed by atoms with Gasteiger partial charge in [-0.1, -0.05) is 67.6 Å². The summed E-state index contributed by atoms with van der Waals surface area (Å²) < 4.78 is 7.39. The van der Waals surface area contributed by atoms with Gasteiger partial charge >= 0.3 is 0 Å². The van der Waals surface area contributed by atoms with E-state index in [0.717, 1.165) is 22.6 Å². The molecule has 3 rings (SSSR count). The molecule has 1 unspecified atom stereocenters. The summed E-state index contributed by atoms with van der Waals surface area (Å²) in [5, 5.41) is 8.38. The van der Waals surface area contributed by atoms with E-state index in [2.05, 4.69) is 27.9 Å². The van der Waals surface area contributed by atoms with Crippen molar-refractivity contribution in [2.24, 2.45) is 5.73 Å². The van der Waals surface area contributed by atoms with Crippen molar-refractivity contribution in [1.29, 1.82) is 0 Å². The van der Waals surface area contributed by atoms with Crippen LogP contribution in [-0.2, 0) is 25.7 Å². The molecule has 0 radical (unpaired) electrons. The second-order valence-electron chi connectivity index (χ2n) is 9.75. The predicted molar refractivity (Wildman–Crippen MR) is 158 cm³/mol. The maximum atomic E-state index is 13.2. The number of aromatic nitrogens is 2. The van der Waals surface area contributed by atoms with Gasteiger partial charge in [0.15, 0.2) is 5.82 Å². The molecule has 1 heterocycles. The summed E-state index contributed by atoms with van der Waals surface area (Å²) >= 11 is 1.75. The Morgan fingerprint density at radius 2 is 1.73 bits per heavy atom. The molecule has 10 nitrogen and oxygen atoms in total. The number of nitrogens with two attached hydrogens (primary N) is 1. The second-order valence-corrected chi connectivity index (χ2v) is 11.1. The fourth-order valence-electron chi connectivity index (χ4n) is 3.73. The second kappa shape index (κ2) is 15.2. The first kappa shape index (κ1) is 30.9. The van der Waals surface area contributed by atoms with Gasteiger partial charge in [-0.25, -0.2) is 4.98 Å². The van der Waals surface area contributed by atoms with Crippen molar-refractivity contribution in [3.8, 4) is 0 Å². The summed E-state index contributed by atoms with van der Waals surface area (Å²) in [6.07, 6.45) is 3.09. The van der Waals surface area contributed by atoms with Gasteiger partial charge in [0.2, 0.25) is 11.8 Å². The number of imidazole rings is 1. The van der Waals surface area contributed by atoms with Gasteiger partial charge in [-0.3, -0.25) is 14.4 Å². The van der Waals surface area contributed by atoms with Crippen molar-refractivity contribution in [3.05, 3.63) is 84.3 Å². The van der Waals surface area contributed by atoms with Gasteiger partial charge in [0.1, 0.15) is 12.1 Å². The fraction of sp³-hybridized carbons (Fsp3) is 0.379. The zero-order chi connectivity index (χ0) is 29.0. The smallest absolute Gasteiger partial charge is 0.250 e. The van der Waals surface area contributed by atoms with Crippen molar-refractivity contribution < 1.29 is 19.1 Å². The van der Waals surface area contributed by atoms with Crippen molar-refractivity contribution in [3.63, 3.8) is 0 Å². The van der Waals surface area contributed by atoms with Crippen molar-refractivity contribution >= 4 is 35.3 Å². The van der Waals surface area contributed by atoms with Crippen LogP contribution in [0.5, 0.6) is 0 Å². The lowest BCUT2D eigenvalue weighted by Crippen LogP contribution is -2.56. The number of benzene rings is 2. The molecule has 11 heteroatoms. The third kappa shape index (κ3) is 9.51. The lowest BCUT2D eigenvalue weighted by atomic mass is 10.1. The van der Waals surface area contributed by atoms with E-state index in [0.29, 0.717) is 6.54 Å². The van der Waals surface area contributed by atoms with E-state index in [9.17, 15) is 14.4 Å². The summed E-state index contributed by atoms with van der Waals surface area (Å²) in [6.45, 7) is 5.92. The Bertz CT molecular complexity index is 1230. The molecule has 0 aliphatic rings. The van der Waals surface area contributed by atoms with E-state index in [-0.39, 0.29) is 24.9 Å². The Balaban J connectivity index is 1.73. The number of amides is 3. The van der Waals surface area contributed by atoms with Crippen LogP contribution in [0.4, 0.5) is 5.82 Å². The van der Waals surface area contributed by atoms with Gasteiger partial charge < -0.3 is 31.0 Å². The van der Waals surface area contributed by atoms with Gasteiger partial charge in [-0.05, 0) is 30.7 Å². The minimum atomic E-state index is -1.19. The lowest BCUT2D eigenvalue weighted by Gasteiger charge is -2.23. The largest absolute Gasteiger partial charge is 0.374 e. The molecule has 0 saturated carbocycles. The molecular weight excluding hydrogens is 528 g/mol. The summed E-state index contributed by atoms with van der Waals surface area (Å²) in [6, 6.07) is 17.2. The summed E-state index contributed by atoms with van der Waals surface area (Å²) in [5.74, 6) is 0.826. The lowest BCUT2D eigenvalue weighted by molar-refractivity contribution is -0.130. The molecule has 0 fully saturated rings. The number of thioether (sulfide) groups is 1. The maximum Gasteiger partial charge on any atom is 0.250 e. The van der Waals surface area contributed by atoms with Crippen LogP contribution in [0.3, 0.4) is 0 Å². The Kier molecular flexibility index (Phi) is 11.7. The van der Waals surface area contributed by atoms with Crippen LogP contribution in [-0.4, -0.2) is 63.5 Å². The molecule has 2 aromatic carbocycles. The van der Waals surface area contributed by atoms with Crippen molar-refractivity contribution in [2.45, 2.75) is 45.0 Å². The standard InChI is InChI=1S/C29H38N6O4S/c1-4-40-16-15-31-27(37)25(22-13-9-6-10-14-22)35-17-24(32-20-35)34-26(36)23(33-28(38)29(2,3)30)19-39-18-21-11-7-5-8-12-21/h5-14,17,20,23,25H,4,15-16,18-19,30H2,1-3H3,(H,31,37)(H,33,38)(H,34,36)/t23-,25?/m1/s1. The third-order valence-corrected chi connectivity index (χ3v) is 6.77. The van der Waals surface area contributed by atoms with Crippen LogP contribution in [0.1, 0.15) is 37.9 Å². The number of hydrogen-bond acceptors (Lipinski definition) is 7. The molecule has 0 aliphatic carbocycles. The molecule has 0 spiro atoms. The minimum Gasteiger partial charge on any atom is -0.374 e. The number of rotatable bonds is 15. The van der Waals surface area contributed by atoms with Crippen LogP contribution in [0.25, 0.3) is 0 Å². The Hall–Kier alpha value is -3.67. The van der Waals surface area contributed by atoms with Crippen molar-refractivity contribution in [1.82, 2.24) is 20.2 Å². The molecule has 40 heavy (non-hydrogen) atoms. The minimum absolute atomic E-state index is 0.0753. The van der Waals surface area contributed by atoms with Gasteiger partial charge in [-0.15, -0.1) is 0 Å². The number of hydrogen-bond donors (Lipinski definition) is 4. The van der Waals surface area contributed by atoms with E-state index in [1.807, 2.05) is 60.7 Å². The van der Waals surface area contributed by atoms with Crippen LogP contribution in [0.2, 0.25) is 0 Å². The molecule has 2 atom stereocenters. The van der Waals surface area contributed by atoms with E-state index in [1.54, 1.807) is 36.4 Å². The number of nitrogens with zero attached hydrogens (tertiary/aromatic N) is 2. The number of nitrogens with one attached hydrogen (secondary N) is 3. The zero-order valence-corrected chi connectivity index (χ0v) is 23.9. The monoisotopic (exact) mass is 566 g/mol. The number of carbonyl (C=O) groups excluding carboxylic acids is 3. The molecule has 0 bridgehead atoms. The highest BCUT2D eigenvalue weighted by molar-refractivity contribution is 7.99. The predicted octanol–water partition coefficient (Wildman–Crippen LogP) is 2.72. The van der Waals surface area contributed by atoms with E-state index >= 15 is 0 Å². The van der Waals surface area contributed by atoms with Crippen LogP contribution in [0, 0.1) is 0 Å². The van der Waals surface area contributed by atoms with E-state index < -0.39 is 29.4 Å². The average molecular weight is 567 g/mol. The number of anilines is 1. The average Bonchev–Trinajstić information content (AvgIpc) is 3.38. The van der Waals surface area contributed by atoms with Crippen LogP contribution in [0.15, 0.2) is 73.2 Å². The highest BCUT2D eigenvalue weighted by atomic mass is 32.2. The molecule has 214 valence electrons. The molecule has 3 amide bonds. The number of carbonyl (C=O) groups is 3. The topological polar surface area (TPSA) is 140 Å². The molecule has 5 N–H and O–H groups in total. The van der Waals surface area contributed by atoms with E-state index in [1.165, 1.54) is 6.33 Å². The summed E-state index contributed by atoms with van der Waals surface area (Å²) in [5.41, 5.74) is 6.46. The molecular formula is C29H38N6O4S. The first-order valence-corrected chi connectivity index (χ1v) is 14.3. The van der Waals surface area contributed by atoms with E-state index in [4.69, 9.17) is 10.5 Å². The molecule has 3 aromatic rings. The van der Waals surface area contributed by atoms with Crippen molar-refractivity contribution in [2.75, 3.05) is 30.0 Å². The fourth-order valence-corrected chi connectivity index (χ4v) is 4.27. The molecule has 0 aliphatic heterocycles. The third-order valence-electron chi connectivity index (χ3n) is 5.87. The van der Waals surface area contributed by atoms with Gasteiger partial charge in [-0.2, -0.15) is 11.8 Å². The molecule has 1 aromatic heterocycles. The summed E-state index contributed by atoms with van der Waals surface area (Å²) in [4.78, 5) is 43.3. The molecule has 0 saturated heterocycles. The van der Waals surface area contributed by atoms with Crippen LogP contribution < -0.4 is 21.7 Å². The SMILES string of the molecule is CCSCCNC(=O)C(c1ccccc1)n1cnc(NC(=O)[C@@H](COCc2ccccc2)NC(=O)C(C)(C)N)c1. The van der Waals surface area contributed by atoms with Gasteiger partial charge in [0.05, 0.1) is 25.1 Å². The van der Waals surface area contributed by atoms with Gasteiger partial charge in [0.25, 0.3) is 5.91 Å².